The Morgan fingerprint density at radius 1 is 1.18 bits per heavy atom. The minimum Gasteiger partial charge on any atom is -0.345 e. The molecule has 64 valence electrons. The Morgan fingerprint density at radius 3 is 2.55 bits per heavy atom. The summed E-state index contributed by atoms with van der Waals surface area (Å²) >= 11 is 0. The molecule has 0 aromatic heterocycles. The third-order valence-electron chi connectivity index (χ3n) is 2.49. The van der Waals surface area contributed by atoms with E-state index in [1.807, 2.05) is 0 Å². The highest BCUT2D eigenvalue weighted by atomic mass is 19.1. The molecule has 2 rings (SSSR count). The first-order chi connectivity index (χ1) is 5.33. The predicted molar refractivity (Wildman–Crippen MR) is 38.0 cm³/mol. The van der Waals surface area contributed by atoms with Gasteiger partial charge in [0.1, 0.15) is 0 Å². The van der Waals surface area contributed by atoms with Crippen molar-refractivity contribution in [2.24, 2.45) is 0 Å². The van der Waals surface area contributed by atoms with E-state index in [1.165, 1.54) is 0 Å². The van der Waals surface area contributed by atoms with E-state index in [9.17, 15) is 4.39 Å². The van der Waals surface area contributed by atoms with Crippen LogP contribution in [0.3, 0.4) is 0 Å². The maximum atomic E-state index is 13.3. The summed E-state index contributed by atoms with van der Waals surface area (Å²) in [5.41, 5.74) is 0. The van der Waals surface area contributed by atoms with Crippen molar-refractivity contribution in [2.75, 3.05) is 13.2 Å². The summed E-state index contributed by atoms with van der Waals surface area (Å²) in [6.07, 6.45) is 2.42. The van der Waals surface area contributed by atoms with Gasteiger partial charge in [-0.15, -0.1) is 0 Å². The highest BCUT2D eigenvalue weighted by Crippen LogP contribution is 2.37. The lowest BCUT2D eigenvalue weighted by Crippen LogP contribution is -2.43. The summed E-state index contributed by atoms with van der Waals surface area (Å²) < 4.78 is 23.9. The fraction of sp³-hybridized carbons (Fsp3) is 1.00. The molecule has 1 saturated carbocycles. The molecule has 1 aliphatic heterocycles. The maximum Gasteiger partial charge on any atom is 0.199 e. The van der Waals surface area contributed by atoms with Crippen molar-refractivity contribution in [1.29, 1.82) is 0 Å². The first-order valence-corrected chi connectivity index (χ1v) is 4.25. The average molecular weight is 160 g/mol. The van der Waals surface area contributed by atoms with Crippen molar-refractivity contribution >= 4 is 0 Å². The zero-order valence-corrected chi connectivity index (χ0v) is 6.51. The predicted octanol–water partition coefficient (Wildman–Crippen LogP) is 1.64. The zero-order valence-electron chi connectivity index (χ0n) is 6.51. The molecule has 2 nitrogen and oxygen atoms in total. The second-order valence-corrected chi connectivity index (χ2v) is 3.22. The molecule has 3 heteroatoms. The van der Waals surface area contributed by atoms with Crippen LogP contribution < -0.4 is 0 Å². The number of halogens is 1. The standard InChI is InChI=1S/C8H13FO2/c9-7-3-1-2-4-8(7)10-5-6-11-8/h7H,1-6H2. The Balaban J connectivity index is 2.07. The van der Waals surface area contributed by atoms with Crippen LogP contribution in [-0.4, -0.2) is 25.2 Å². The summed E-state index contributed by atoms with van der Waals surface area (Å²) in [4.78, 5) is 0. The summed E-state index contributed by atoms with van der Waals surface area (Å²) in [7, 11) is 0. The van der Waals surface area contributed by atoms with E-state index in [1.54, 1.807) is 0 Å². The molecule has 1 unspecified atom stereocenters. The van der Waals surface area contributed by atoms with Gasteiger partial charge in [-0.05, 0) is 12.8 Å². The molecule has 1 heterocycles. The SMILES string of the molecule is FC1CCCCC12OCCO2. The minimum absolute atomic E-state index is 0.556. The molecule has 1 aliphatic carbocycles. The van der Waals surface area contributed by atoms with Crippen molar-refractivity contribution < 1.29 is 13.9 Å². The largest absolute Gasteiger partial charge is 0.345 e. The molecule has 0 radical (unpaired) electrons. The first-order valence-electron chi connectivity index (χ1n) is 4.25. The lowest BCUT2D eigenvalue weighted by atomic mass is 9.92. The second-order valence-electron chi connectivity index (χ2n) is 3.22. The van der Waals surface area contributed by atoms with Gasteiger partial charge >= 0.3 is 0 Å². The zero-order chi connectivity index (χ0) is 7.73. The maximum absolute atomic E-state index is 13.3. The molecule has 2 aliphatic rings. The van der Waals surface area contributed by atoms with Gasteiger partial charge in [-0.1, -0.05) is 6.42 Å². The van der Waals surface area contributed by atoms with Crippen molar-refractivity contribution in [3.63, 3.8) is 0 Å². The van der Waals surface area contributed by atoms with Gasteiger partial charge in [0.2, 0.25) is 0 Å². The Hall–Kier alpha value is -0.150. The molecule has 11 heavy (non-hydrogen) atoms. The van der Waals surface area contributed by atoms with E-state index >= 15 is 0 Å². The molecule has 0 amide bonds. The van der Waals surface area contributed by atoms with Crippen LogP contribution in [-0.2, 0) is 9.47 Å². The minimum atomic E-state index is -0.904. The van der Waals surface area contributed by atoms with Gasteiger partial charge < -0.3 is 9.47 Å². The van der Waals surface area contributed by atoms with Crippen LogP contribution in [0.4, 0.5) is 4.39 Å². The average Bonchev–Trinajstić information content (AvgIpc) is 2.46. The quantitative estimate of drug-likeness (QED) is 0.536. The number of hydrogen-bond donors (Lipinski definition) is 0. The van der Waals surface area contributed by atoms with E-state index < -0.39 is 12.0 Å². The molecule has 1 spiro atoms. The van der Waals surface area contributed by atoms with Crippen LogP contribution in [0.1, 0.15) is 25.7 Å². The van der Waals surface area contributed by atoms with Gasteiger partial charge in [0, 0.05) is 6.42 Å². The number of ether oxygens (including phenoxy) is 2. The lowest BCUT2D eigenvalue weighted by Gasteiger charge is -2.34. The lowest BCUT2D eigenvalue weighted by molar-refractivity contribution is -0.215. The molecule has 0 N–H and O–H groups in total. The van der Waals surface area contributed by atoms with E-state index in [0.717, 1.165) is 19.3 Å². The molecule has 1 saturated heterocycles. The fourth-order valence-corrected chi connectivity index (χ4v) is 1.87. The van der Waals surface area contributed by atoms with E-state index in [4.69, 9.17) is 9.47 Å². The fourth-order valence-electron chi connectivity index (χ4n) is 1.87. The summed E-state index contributed by atoms with van der Waals surface area (Å²) in [6.45, 7) is 1.11. The molecule has 2 fully saturated rings. The van der Waals surface area contributed by atoms with Crippen molar-refractivity contribution in [1.82, 2.24) is 0 Å². The third-order valence-corrected chi connectivity index (χ3v) is 2.49. The van der Waals surface area contributed by atoms with Crippen molar-refractivity contribution in [2.45, 2.75) is 37.6 Å². The van der Waals surface area contributed by atoms with Gasteiger partial charge in [-0.3, -0.25) is 0 Å². The highest BCUT2D eigenvalue weighted by molar-refractivity contribution is 4.86. The Morgan fingerprint density at radius 2 is 1.91 bits per heavy atom. The van der Waals surface area contributed by atoms with Crippen LogP contribution >= 0.6 is 0 Å². The Bertz CT molecular complexity index is 143. The molecule has 0 aromatic rings. The second kappa shape index (κ2) is 2.72. The Kier molecular flexibility index (Phi) is 1.85. The van der Waals surface area contributed by atoms with Crippen molar-refractivity contribution in [3.05, 3.63) is 0 Å². The van der Waals surface area contributed by atoms with Crippen LogP contribution in [0.25, 0.3) is 0 Å². The summed E-state index contributed by atoms with van der Waals surface area (Å²) in [6, 6.07) is 0. The smallest absolute Gasteiger partial charge is 0.199 e. The van der Waals surface area contributed by atoms with Crippen LogP contribution in [0, 0.1) is 0 Å². The van der Waals surface area contributed by atoms with E-state index in [0.29, 0.717) is 19.6 Å². The number of rotatable bonds is 0. The van der Waals surface area contributed by atoms with E-state index in [2.05, 4.69) is 0 Å². The monoisotopic (exact) mass is 160 g/mol. The van der Waals surface area contributed by atoms with E-state index in [-0.39, 0.29) is 0 Å². The molecular formula is C8H13FO2. The van der Waals surface area contributed by atoms with Gasteiger partial charge in [0.05, 0.1) is 13.2 Å². The van der Waals surface area contributed by atoms with Gasteiger partial charge in [-0.25, -0.2) is 4.39 Å². The summed E-state index contributed by atoms with van der Waals surface area (Å²) in [5, 5.41) is 0. The van der Waals surface area contributed by atoms with Crippen molar-refractivity contribution in [3.8, 4) is 0 Å². The van der Waals surface area contributed by atoms with Gasteiger partial charge in [0.25, 0.3) is 0 Å². The van der Waals surface area contributed by atoms with Gasteiger partial charge in [-0.2, -0.15) is 0 Å². The number of hydrogen-bond acceptors (Lipinski definition) is 2. The van der Waals surface area contributed by atoms with Gasteiger partial charge in [0.15, 0.2) is 12.0 Å². The third kappa shape index (κ3) is 1.16. The van der Waals surface area contributed by atoms with Crippen LogP contribution in [0.2, 0.25) is 0 Å². The molecule has 1 atom stereocenters. The molecule has 0 bridgehead atoms. The normalized spacial score (nSPS) is 36.3. The molecular weight excluding hydrogens is 147 g/mol. The Labute approximate surface area is 65.7 Å². The number of alkyl halides is 1. The molecule has 0 aromatic carbocycles. The summed E-state index contributed by atoms with van der Waals surface area (Å²) in [5.74, 6) is -0.835. The van der Waals surface area contributed by atoms with Crippen LogP contribution in [0.15, 0.2) is 0 Å². The highest BCUT2D eigenvalue weighted by Gasteiger charge is 2.46. The first kappa shape index (κ1) is 7.50. The van der Waals surface area contributed by atoms with Crippen LogP contribution in [0.5, 0.6) is 0 Å². The topological polar surface area (TPSA) is 18.5 Å².